The van der Waals surface area contributed by atoms with Gasteiger partial charge in [-0.25, -0.2) is 0 Å². The summed E-state index contributed by atoms with van der Waals surface area (Å²) in [5.41, 5.74) is 0.405. The van der Waals surface area contributed by atoms with Gasteiger partial charge in [-0.2, -0.15) is 0 Å². The molecule has 0 spiro atoms. The molecule has 0 aromatic heterocycles. The molecule has 2 aliphatic rings. The lowest BCUT2D eigenvalue weighted by atomic mass is 9.76. The zero-order valence-corrected chi connectivity index (χ0v) is 13.6. The van der Waals surface area contributed by atoms with Crippen LogP contribution in [0.15, 0.2) is 0 Å². The fraction of sp³-hybridized carbons (Fsp3) is 1.00. The second kappa shape index (κ2) is 6.76. The number of hydrogen-bond acceptors (Lipinski definition) is 3. The first-order valence-corrected chi connectivity index (χ1v) is 8.43. The van der Waals surface area contributed by atoms with E-state index < -0.39 is 0 Å². The van der Waals surface area contributed by atoms with Gasteiger partial charge in [0.2, 0.25) is 0 Å². The summed E-state index contributed by atoms with van der Waals surface area (Å²) in [7, 11) is 0. The summed E-state index contributed by atoms with van der Waals surface area (Å²) in [5, 5.41) is 13.1. The minimum atomic E-state index is -0.112. The van der Waals surface area contributed by atoms with Gasteiger partial charge in [0.05, 0.1) is 12.7 Å². The normalized spacial score (nSPS) is 26.4. The Morgan fingerprint density at radius 1 is 1.20 bits per heavy atom. The van der Waals surface area contributed by atoms with Crippen molar-refractivity contribution in [3.05, 3.63) is 0 Å². The van der Waals surface area contributed by atoms with Gasteiger partial charge >= 0.3 is 0 Å². The highest BCUT2D eigenvalue weighted by atomic mass is 16.5. The van der Waals surface area contributed by atoms with Crippen LogP contribution in [0.3, 0.4) is 0 Å². The predicted molar refractivity (Wildman–Crippen MR) is 82.9 cm³/mol. The first kappa shape index (κ1) is 16.3. The van der Waals surface area contributed by atoms with E-state index in [-0.39, 0.29) is 12.1 Å². The van der Waals surface area contributed by atoms with Crippen LogP contribution in [0.2, 0.25) is 0 Å². The van der Waals surface area contributed by atoms with Gasteiger partial charge in [-0.1, -0.05) is 13.8 Å². The monoisotopic (exact) mass is 283 g/mol. The molecule has 0 aliphatic heterocycles. The molecular weight excluding hydrogens is 250 g/mol. The minimum absolute atomic E-state index is 0.112. The summed E-state index contributed by atoms with van der Waals surface area (Å²) in [4.78, 5) is 0. The third-order valence-electron chi connectivity index (χ3n) is 4.99. The third-order valence-corrected chi connectivity index (χ3v) is 4.99. The van der Waals surface area contributed by atoms with E-state index in [9.17, 15) is 5.11 Å². The van der Waals surface area contributed by atoms with Gasteiger partial charge in [-0.3, -0.25) is 0 Å². The van der Waals surface area contributed by atoms with Crippen LogP contribution in [0.1, 0.15) is 72.1 Å². The van der Waals surface area contributed by atoms with Gasteiger partial charge in [-0.05, 0) is 63.7 Å². The van der Waals surface area contributed by atoms with Crippen molar-refractivity contribution in [2.24, 2.45) is 5.41 Å². The molecule has 3 heteroatoms. The molecule has 0 heterocycles. The minimum Gasteiger partial charge on any atom is -0.394 e. The fourth-order valence-electron chi connectivity index (χ4n) is 3.17. The molecule has 2 aliphatic carbocycles. The van der Waals surface area contributed by atoms with Crippen LogP contribution >= 0.6 is 0 Å². The number of aliphatic hydroxyl groups excluding tert-OH is 1. The van der Waals surface area contributed by atoms with Crippen molar-refractivity contribution in [2.45, 2.75) is 89.8 Å². The lowest BCUT2D eigenvalue weighted by Crippen LogP contribution is -2.47. The van der Waals surface area contributed by atoms with E-state index in [0.717, 1.165) is 19.4 Å². The van der Waals surface area contributed by atoms with Crippen LogP contribution in [0.25, 0.3) is 0 Å². The van der Waals surface area contributed by atoms with Crippen molar-refractivity contribution < 1.29 is 9.84 Å². The SMILES string of the molecule is CC1(C)CCC(OCCCC(C)(CO)NC2CC2)CC1. The molecule has 0 bridgehead atoms. The summed E-state index contributed by atoms with van der Waals surface area (Å²) in [6.07, 6.45) is 10.0. The molecule has 2 saturated carbocycles. The molecular formula is C17H33NO2. The van der Waals surface area contributed by atoms with Gasteiger partial charge in [0.15, 0.2) is 0 Å². The van der Waals surface area contributed by atoms with Crippen molar-refractivity contribution in [3.8, 4) is 0 Å². The summed E-state index contributed by atoms with van der Waals surface area (Å²) in [5.74, 6) is 0. The average molecular weight is 283 g/mol. The second-order valence-electron chi connectivity index (χ2n) is 7.98. The molecule has 0 saturated heterocycles. The molecule has 2 rings (SSSR count). The molecule has 0 amide bonds. The van der Waals surface area contributed by atoms with Crippen molar-refractivity contribution >= 4 is 0 Å². The van der Waals surface area contributed by atoms with Gasteiger partial charge in [-0.15, -0.1) is 0 Å². The Kier molecular flexibility index (Phi) is 5.49. The van der Waals surface area contributed by atoms with Crippen LogP contribution in [0.5, 0.6) is 0 Å². The van der Waals surface area contributed by atoms with E-state index in [1.807, 2.05) is 0 Å². The molecule has 1 atom stereocenters. The molecule has 1 unspecified atom stereocenters. The van der Waals surface area contributed by atoms with Crippen LogP contribution < -0.4 is 5.32 Å². The molecule has 3 nitrogen and oxygen atoms in total. The number of nitrogens with one attached hydrogen (secondary N) is 1. The Hall–Kier alpha value is -0.120. The Morgan fingerprint density at radius 3 is 2.40 bits per heavy atom. The standard InChI is InChI=1S/C17H33NO2/c1-16(2)10-7-15(8-11-16)20-12-4-9-17(3,13-19)18-14-5-6-14/h14-15,18-19H,4-13H2,1-3H3. The van der Waals surface area contributed by atoms with Gasteiger partial charge in [0.1, 0.15) is 0 Å². The van der Waals surface area contributed by atoms with E-state index in [4.69, 9.17) is 4.74 Å². The van der Waals surface area contributed by atoms with Gasteiger partial charge < -0.3 is 15.2 Å². The molecule has 0 aromatic carbocycles. The Balaban J connectivity index is 1.58. The largest absolute Gasteiger partial charge is 0.394 e. The van der Waals surface area contributed by atoms with E-state index in [1.54, 1.807) is 0 Å². The summed E-state index contributed by atoms with van der Waals surface area (Å²) in [6.45, 7) is 7.92. The van der Waals surface area contributed by atoms with E-state index in [2.05, 4.69) is 26.1 Å². The molecule has 20 heavy (non-hydrogen) atoms. The van der Waals surface area contributed by atoms with Crippen LogP contribution in [-0.4, -0.2) is 36.0 Å². The van der Waals surface area contributed by atoms with Crippen molar-refractivity contribution in [3.63, 3.8) is 0 Å². The zero-order valence-electron chi connectivity index (χ0n) is 13.6. The van der Waals surface area contributed by atoms with Crippen molar-refractivity contribution in [1.82, 2.24) is 5.32 Å². The zero-order chi connectivity index (χ0) is 14.6. The topological polar surface area (TPSA) is 41.5 Å². The Bertz CT molecular complexity index is 291. The number of rotatable bonds is 8. The second-order valence-corrected chi connectivity index (χ2v) is 7.98. The quantitative estimate of drug-likeness (QED) is 0.672. The maximum atomic E-state index is 9.56. The highest BCUT2D eigenvalue weighted by Gasteiger charge is 2.32. The third kappa shape index (κ3) is 5.34. The van der Waals surface area contributed by atoms with Gasteiger partial charge in [0, 0.05) is 18.2 Å². The Labute approximate surface area is 124 Å². The molecule has 118 valence electrons. The van der Waals surface area contributed by atoms with Crippen LogP contribution in [0, 0.1) is 5.41 Å². The number of aliphatic hydroxyl groups is 1. The maximum Gasteiger partial charge on any atom is 0.0610 e. The first-order chi connectivity index (χ1) is 9.42. The van der Waals surface area contributed by atoms with E-state index in [1.165, 1.54) is 38.5 Å². The molecule has 2 N–H and O–H groups in total. The van der Waals surface area contributed by atoms with E-state index in [0.29, 0.717) is 17.6 Å². The predicted octanol–water partition coefficient (Wildman–Crippen LogP) is 3.26. The average Bonchev–Trinajstić information content (AvgIpc) is 3.20. The summed E-state index contributed by atoms with van der Waals surface area (Å²) < 4.78 is 6.03. The van der Waals surface area contributed by atoms with Crippen molar-refractivity contribution in [2.75, 3.05) is 13.2 Å². The van der Waals surface area contributed by atoms with Crippen LogP contribution in [0.4, 0.5) is 0 Å². The van der Waals surface area contributed by atoms with Crippen molar-refractivity contribution in [1.29, 1.82) is 0 Å². The van der Waals surface area contributed by atoms with Gasteiger partial charge in [0.25, 0.3) is 0 Å². The number of hydrogen-bond donors (Lipinski definition) is 2. The Morgan fingerprint density at radius 2 is 1.85 bits per heavy atom. The fourth-order valence-corrected chi connectivity index (χ4v) is 3.17. The smallest absolute Gasteiger partial charge is 0.0610 e. The maximum absolute atomic E-state index is 9.56. The lowest BCUT2D eigenvalue weighted by Gasteiger charge is -2.34. The van der Waals surface area contributed by atoms with E-state index >= 15 is 0 Å². The van der Waals surface area contributed by atoms with Crippen LogP contribution in [-0.2, 0) is 4.74 Å². The number of ether oxygens (including phenoxy) is 1. The summed E-state index contributed by atoms with van der Waals surface area (Å²) >= 11 is 0. The molecule has 2 fully saturated rings. The first-order valence-electron chi connectivity index (χ1n) is 8.43. The highest BCUT2D eigenvalue weighted by molar-refractivity contribution is 4.92. The molecule has 0 aromatic rings. The lowest BCUT2D eigenvalue weighted by molar-refractivity contribution is -0.000258. The highest BCUT2D eigenvalue weighted by Crippen LogP contribution is 2.36. The summed E-state index contributed by atoms with van der Waals surface area (Å²) in [6, 6.07) is 0.647. The molecule has 0 radical (unpaired) electrons.